The fraction of sp³-hybridized carbons (Fsp3) is 0.867. The van der Waals surface area contributed by atoms with E-state index in [0.29, 0.717) is 19.6 Å². The standard InChI is InChI=1S/C15H28N2O3/c1-6-16(7-2)13(18)11-17-10-8-9-12(17)14(19)20-15(3,4)5/h12H,6-11H2,1-5H3/t12-/m1/s1. The zero-order chi connectivity index (χ0) is 15.3. The van der Waals surface area contributed by atoms with Crippen molar-refractivity contribution in [3.8, 4) is 0 Å². The summed E-state index contributed by atoms with van der Waals surface area (Å²) in [4.78, 5) is 28.1. The van der Waals surface area contributed by atoms with Crippen LogP contribution in [0.2, 0.25) is 0 Å². The largest absolute Gasteiger partial charge is 0.459 e. The lowest BCUT2D eigenvalue weighted by molar-refractivity contribution is -0.160. The molecule has 0 aromatic rings. The van der Waals surface area contributed by atoms with Crippen LogP contribution >= 0.6 is 0 Å². The van der Waals surface area contributed by atoms with Crippen LogP contribution in [0.1, 0.15) is 47.5 Å². The van der Waals surface area contributed by atoms with E-state index in [2.05, 4.69) is 0 Å². The number of likely N-dealkylation sites (tertiary alicyclic amines) is 1. The molecular formula is C15H28N2O3. The first-order valence-electron chi connectivity index (χ1n) is 7.53. The third kappa shape index (κ3) is 4.78. The fourth-order valence-electron chi connectivity index (χ4n) is 2.50. The molecule has 0 saturated carbocycles. The van der Waals surface area contributed by atoms with E-state index in [1.54, 1.807) is 4.90 Å². The van der Waals surface area contributed by atoms with Gasteiger partial charge in [-0.05, 0) is 54.0 Å². The van der Waals surface area contributed by atoms with Crippen LogP contribution < -0.4 is 0 Å². The summed E-state index contributed by atoms with van der Waals surface area (Å²) in [7, 11) is 0. The van der Waals surface area contributed by atoms with Gasteiger partial charge < -0.3 is 9.64 Å². The average molecular weight is 284 g/mol. The van der Waals surface area contributed by atoms with Gasteiger partial charge in [-0.25, -0.2) is 0 Å². The minimum Gasteiger partial charge on any atom is -0.459 e. The number of amides is 1. The Hall–Kier alpha value is -1.10. The lowest BCUT2D eigenvalue weighted by Gasteiger charge is -2.28. The number of esters is 1. The SMILES string of the molecule is CCN(CC)C(=O)CN1CCC[C@@H]1C(=O)OC(C)(C)C. The summed E-state index contributed by atoms with van der Waals surface area (Å²) in [6, 6.07) is -0.270. The first kappa shape index (κ1) is 17.0. The Bertz CT molecular complexity index is 346. The van der Waals surface area contributed by atoms with Gasteiger partial charge in [-0.1, -0.05) is 0 Å². The lowest BCUT2D eigenvalue weighted by atomic mass is 10.1. The van der Waals surface area contributed by atoms with Crippen molar-refractivity contribution >= 4 is 11.9 Å². The molecule has 0 N–H and O–H groups in total. The van der Waals surface area contributed by atoms with Gasteiger partial charge in [0, 0.05) is 13.1 Å². The van der Waals surface area contributed by atoms with Gasteiger partial charge in [0.15, 0.2) is 0 Å². The van der Waals surface area contributed by atoms with Crippen LogP contribution in [0.15, 0.2) is 0 Å². The maximum Gasteiger partial charge on any atom is 0.323 e. The van der Waals surface area contributed by atoms with E-state index in [1.807, 2.05) is 39.5 Å². The van der Waals surface area contributed by atoms with Crippen molar-refractivity contribution in [1.82, 2.24) is 9.80 Å². The summed E-state index contributed by atoms with van der Waals surface area (Å²) < 4.78 is 5.44. The second-order valence-corrected chi connectivity index (χ2v) is 6.23. The molecule has 1 saturated heterocycles. The van der Waals surface area contributed by atoms with Crippen molar-refractivity contribution in [1.29, 1.82) is 0 Å². The summed E-state index contributed by atoms with van der Waals surface area (Å²) in [5.74, 6) is -0.118. The average Bonchev–Trinajstić information content (AvgIpc) is 2.76. The smallest absolute Gasteiger partial charge is 0.323 e. The highest BCUT2D eigenvalue weighted by molar-refractivity contribution is 5.81. The molecule has 1 heterocycles. The quantitative estimate of drug-likeness (QED) is 0.721. The Morgan fingerprint density at radius 2 is 1.85 bits per heavy atom. The molecule has 5 heteroatoms. The predicted octanol–water partition coefficient (Wildman–Crippen LogP) is 1.66. The van der Waals surface area contributed by atoms with Gasteiger partial charge in [-0.15, -0.1) is 0 Å². The van der Waals surface area contributed by atoms with Crippen molar-refractivity contribution in [2.45, 2.75) is 59.1 Å². The third-order valence-corrected chi connectivity index (χ3v) is 3.50. The van der Waals surface area contributed by atoms with Crippen LogP contribution in [-0.4, -0.2) is 59.5 Å². The molecule has 0 aliphatic carbocycles. The Labute approximate surface area is 122 Å². The van der Waals surface area contributed by atoms with E-state index in [4.69, 9.17) is 4.74 Å². The van der Waals surface area contributed by atoms with Gasteiger partial charge in [0.25, 0.3) is 0 Å². The van der Waals surface area contributed by atoms with Crippen molar-refractivity contribution in [2.75, 3.05) is 26.2 Å². The molecule has 1 fully saturated rings. The maximum absolute atomic E-state index is 12.2. The molecule has 0 radical (unpaired) electrons. The lowest BCUT2D eigenvalue weighted by Crippen LogP contribution is -2.46. The summed E-state index contributed by atoms with van der Waals surface area (Å²) in [5.41, 5.74) is -0.478. The van der Waals surface area contributed by atoms with Gasteiger partial charge in [-0.3, -0.25) is 14.5 Å². The molecular weight excluding hydrogens is 256 g/mol. The number of hydrogen-bond acceptors (Lipinski definition) is 4. The zero-order valence-corrected chi connectivity index (χ0v) is 13.4. The molecule has 0 bridgehead atoms. The summed E-state index contributed by atoms with van der Waals surface area (Å²) in [6.45, 7) is 12.1. The van der Waals surface area contributed by atoms with Gasteiger partial charge in [0.1, 0.15) is 11.6 Å². The molecule has 0 spiro atoms. The van der Waals surface area contributed by atoms with Crippen LogP contribution in [-0.2, 0) is 14.3 Å². The van der Waals surface area contributed by atoms with E-state index in [1.165, 1.54) is 0 Å². The van der Waals surface area contributed by atoms with Crippen LogP contribution in [0.5, 0.6) is 0 Å². The number of rotatable bonds is 5. The highest BCUT2D eigenvalue weighted by Gasteiger charge is 2.35. The van der Waals surface area contributed by atoms with E-state index >= 15 is 0 Å². The van der Waals surface area contributed by atoms with Crippen LogP contribution in [0.4, 0.5) is 0 Å². The van der Waals surface area contributed by atoms with Crippen LogP contribution in [0.25, 0.3) is 0 Å². The topological polar surface area (TPSA) is 49.9 Å². The number of hydrogen-bond donors (Lipinski definition) is 0. The van der Waals surface area contributed by atoms with Gasteiger partial charge in [0.05, 0.1) is 6.54 Å². The van der Waals surface area contributed by atoms with Crippen LogP contribution in [0, 0.1) is 0 Å². The molecule has 116 valence electrons. The van der Waals surface area contributed by atoms with Crippen molar-refractivity contribution < 1.29 is 14.3 Å². The molecule has 1 atom stereocenters. The molecule has 1 rings (SSSR count). The molecule has 0 aromatic carbocycles. The van der Waals surface area contributed by atoms with E-state index in [9.17, 15) is 9.59 Å². The normalized spacial score (nSPS) is 19.9. The molecule has 0 unspecified atom stereocenters. The molecule has 1 aliphatic rings. The third-order valence-electron chi connectivity index (χ3n) is 3.50. The fourth-order valence-corrected chi connectivity index (χ4v) is 2.50. The maximum atomic E-state index is 12.2. The van der Waals surface area contributed by atoms with Gasteiger partial charge in [0.2, 0.25) is 5.91 Å². The number of carbonyl (C=O) groups excluding carboxylic acids is 2. The molecule has 1 aliphatic heterocycles. The number of ether oxygens (including phenoxy) is 1. The minimum atomic E-state index is -0.478. The predicted molar refractivity (Wildman–Crippen MR) is 78.4 cm³/mol. The molecule has 5 nitrogen and oxygen atoms in total. The van der Waals surface area contributed by atoms with E-state index in [-0.39, 0.29) is 17.9 Å². The van der Waals surface area contributed by atoms with E-state index in [0.717, 1.165) is 19.4 Å². The van der Waals surface area contributed by atoms with Gasteiger partial charge >= 0.3 is 5.97 Å². The highest BCUT2D eigenvalue weighted by Crippen LogP contribution is 2.21. The van der Waals surface area contributed by atoms with E-state index < -0.39 is 5.60 Å². The Morgan fingerprint density at radius 1 is 1.25 bits per heavy atom. The summed E-state index contributed by atoms with van der Waals surface area (Å²) >= 11 is 0. The summed E-state index contributed by atoms with van der Waals surface area (Å²) in [5, 5.41) is 0. The zero-order valence-electron chi connectivity index (χ0n) is 13.4. The van der Waals surface area contributed by atoms with Crippen molar-refractivity contribution in [2.24, 2.45) is 0 Å². The second kappa shape index (κ2) is 7.07. The van der Waals surface area contributed by atoms with Crippen LogP contribution in [0.3, 0.4) is 0 Å². The monoisotopic (exact) mass is 284 g/mol. The number of likely N-dealkylation sites (N-methyl/N-ethyl adjacent to an activating group) is 1. The Kier molecular flexibility index (Phi) is 5.99. The molecule has 1 amide bonds. The first-order valence-corrected chi connectivity index (χ1v) is 7.53. The highest BCUT2D eigenvalue weighted by atomic mass is 16.6. The minimum absolute atomic E-state index is 0.0884. The Morgan fingerprint density at radius 3 is 2.35 bits per heavy atom. The summed E-state index contributed by atoms with van der Waals surface area (Å²) in [6.07, 6.45) is 1.72. The number of nitrogens with zero attached hydrogens (tertiary/aromatic N) is 2. The van der Waals surface area contributed by atoms with Crippen molar-refractivity contribution in [3.63, 3.8) is 0 Å². The Balaban J connectivity index is 2.61. The molecule has 0 aromatic heterocycles. The first-order chi connectivity index (χ1) is 9.28. The second-order valence-electron chi connectivity index (χ2n) is 6.23. The molecule has 20 heavy (non-hydrogen) atoms. The number of carbonyl (C=O) groups is 2. The van der Waals surface area contributed by atoms with Crippen molar-refractivity contribution in [3.05, 3.63) is 0 Å². The van der Waals surface area contributed by atoms with Gasteiger partial charge in [-0.2, -0.15) is 0 Å².